The third-order valence-corrected chi connectivity index (χ3v) is 4.42. The van der Waals surface area contributed by atoms with E-state index in [2.05, 4.69) is 34.2 Å². The summed E-state index contributed by atoms with van der Waals surface area (Å²) in [5.74, 6) is 0.442. The van der Waals surface area contributed by atoms with E-state index in [1.54, 1.807) is 0 Å². The SMILES string of the molecule is O=C(c1cocn1)N1CCC(c2cc3ccccc3[nH]2)CC1. The predicted molar refractivity (Wildman–Crippen MR) is 82.7 cm³/mol. The van der Waals surface area contributed by atoms with Gasteiger partial charge in [0.15, 0.2) is 12.1 Å². The third kappa shape index (κ3) is 2.28. The van der Waals surface area contributed by atoms with Gasteiger partial charge >= 0.3 is 0 Å². The van der Waals surface area contributed by atoms with Gasteiger partial charge in [-0.15, -0.1) is 0 Å². The maximum Gasteiger partial charge on any atom is 0.275 e. The van der Waals surface area contributed by atoms with Crippen molar-refractivity contribution in [2.24, 2.45) is 0 Å². The van der Waals surface area contributed by atoms with Crippen molar-refractivity contribution in [3.63, 3.8) is 0 Å². The van der Waals surface area contributed by atoms with Gasteiger partial charge < -0.3 is 14.3 Å². The Bertz CT molecular complexity index is 750. The fourth-order valence-corrected chi connectivity index (χ4v) is 3.19. The maximum absolute atomic E-state index is 12.2. The lowest BCUT2D eigenvalue weighted by molar-refractivity contribution is 0.0706. The van der Waals surface area contributed by atoms with Crippen LogP contribution in [-0.4, -0.2) is 33.9 Å². The Balaban J connectivity index is 1.46. The highest BCUT2D eigenvalue weighted by molar-refractivity contribution is 5.92. The summed E-state index contributed by atoms with van der Waals surface area (Å²) in [6.45, 7) is 1.51. The van der Waals surface area contributed by atoms with Gasteiger partial charge in [0.1, 0.15) is 6.26 Å². The molecule has 0 saturated carbocycles. The standard InChI is InChI=1S/C17H17N3O2/c21-17(16-10-22-11-18-16)20-7-5-12(6-8-20)15-9-13-3-1-2-4-14(13)19-15/h1-4,9-12,19H,5-8H2. The van der Waals surface area contributed by atoms with E-state index >= 15 is 0 Å². The Kier molecular flexibility index (Phi) is 3.18. The van der Waals surface area contributed by atoms with Gasteiger partial charge in [0.25, 0.3) is 5.91 Å². The summed E-state index contributed by atoms with van der Waals surface area (Å²) < 4.78 is 4.89. The molecule has 0 spiro atoms. The van der Waals surface area contributed by atoms with Gasteiger partial charge in [0.05, 0.1) is 0 Å². The zero-order valence-corrected chi connectivity index (χ0v) is 12.2. The predicted octanol–water partition coefficient (Wildman–Crippen LogP) is 3.18. The highest BCUT2D eigenvalue weighted by atomic mass is 16.3. The van der Waals surface area contributed by atoms with Crippen molar-refractivity contribution in [1.82, 2.24) is 14.9 Å². The lowest BCUT2D eigenvalue weighted by Gasteiger charge is -2.31. The number of carbonyl (C=O) groups is 1. The minimum absolute atomic E-state index is 0.0381. The molecule has 4 rings (SSSR count). The first kappa shape index (κ1) is 13.1. The molecular formula is C17H17N3O2. The second-order valence-corrected chi connectivity index (χ2v) is 5.75. The number of hydrogen-bond acceptors (Lipinski definition) is 3. The van der Waals surface area contributed by atoms with E-state index in [1.807, 2.05) is 11.0 Å². The van der Waals surface area contributed by atoms with Gasteiger partial charge in [-0.1, -0.05) is 18.2 Å². The summed E-state index contributed by atoms with van der Waals surface area (Å²) in [6, 6.07) is 10.6. The summed E-state index contributed by atoms with van der Waals surface area (Å²) in [5, 5.41) is 1.25. The van der Waals surface area contributed by atoms with Crippen LogP contribution in [0, 0.1) is 0 Å². The molecule has 1 aliphatic rings. The first-order chi connectivity index (χ1) is 10.8. The van der Waals surface area contributed by atoms with E-state index in [0.29, 0.717) is 11.6 Å². The van der Waals surface area contributed by atoms with Crippen LogP contribution in [0.1, 0.15) is 34.9 Å². The Morgan fingerprint density at radius 1 is 1.27 bits per heavy atom. The fraction of sp³-hybridized carbons (Fsp3) is 0.294. The van der Waals surface area contributed by atoms with Gasteiger partial charge in [-0.3, -0.25) is 4.79 Å². The average molecular weight is 295 g/mol. The minimum Gasteiger partial charge on any atom is -0.451 e. The molecule has 0 unspecified atom stereocenters. The van der Waals surface area contributed by atoms with Crippen molar-refractivity contribution in [1.29, 1.82) is 0 Å². The fourth-order valence-electron chi connectivity index (χ4n) is 3.19. The zero-order chi connectivity index (χ0) is 14.9. The van der Waals surface area contributed by atoms with Crippen LogP contribution >= 0.6 is 0 Å². The maximum atomic E-state index is 12.2. The highest BCUT2D eigenvalue weighted by Gasteiger charge is 2.26. The van der Waals surface area contributed by atoms with E-state index in [-0.39, 0.29) is 5.91 Å². The van der Waals surface area contributed by atoms with E-state index in [4.69, 9.17) is 4.42 Å². The largest absolute Gasteiger partial charge is 0.451 e. The molecule has 5 nitrogen and oxygen atoms in total. The molecule has 3 heterocycles. The molecule has 3 aromatic rings. The van der Waals surface area contributed by atoms with Gasteiger partial charge in [-0.2, -0.15) is 0 Å². The number of oxazole rings is 1. The van der Waals surface area contributed by atoms with Crippen LogP contribution in [-0.2, 0) is 0 Å². The summed E-state index contributed by atoms with van der Waals surface area (Å²) in [5.41, 5.74) is 2.84. The van der Waals surface area contributed by atoms with Gasteiger partial charge in [-0.05, 0) is 30.4 Å². The molecule has 1 saturated heterocycles. The minimum atomic E-state index is -0.0381. The molecule has 1 fully saturated rings. The number of nitrogens with zero attached hydrogens (tertiary/aromatic N) is 2. The highest BCUT2D eigenvalue weighted by Crippen LogP contribution is 2.30. The van der Waals surface area contributed by atoms with Crippen molar-refractivity contribution in [2.45, 2.75) is 18.8 Å². The number of rotatable bonds is 2. The van der Waals surface area contributed by atoms with Crippen LogP contribution in [0.15, 0.2) is 47.4 Å². The first-order valence-electron chi connectivity index (χ1n) is 7.56. The second kappa shape index (κ2) is 5.33. The summed E-state index contributed by atoms with van der Waals surface area (Å²) in [7, 11) is 0. The van der Waals surface area contributed by atoms with Crippen LogP contribution in [0.2, 0.25) is 0 Å². The number of para-hydroxylation sites is 1. The average Bonchev–Trinajstić information content (AvgIpc) is 3.23. The van der Waals surface area contributed by atoms with E-state index in [9.17, 15) is 4.79 Å². The normalized spacial score (nSPS) is 16.3. The van der Waals surface area contributed by atoms with Crippen molar-refractivity contribution in [3.8, 4) is 0 Å². The van der Waals surface area contributed by atoms with Crippen molar-refractivity contribution >= 4 is 16.8 Å². The van der Waals surface area contributed by atoms with Crippen LogP contribution in [0.4, 0.5) is 0 Å². The molecular weight excluding hydrogens is 278 g/mol. The van der Waals surface area contributed by atoms with E-state index in [1.165, 1.54) is 29.3 Å². The van der Waals surface area contributed by atoms with E-state index < -0.39 is 0 Å². The second-order valence-electron chi connectivity index (χ2n) is 5.75. The van der Waals surface area contributed by atoms with Crippen LogP contribution < -0.4 is 0 Å². The topological polar surface area (TPSA) is 62.1 Å². The molecule has 1 N–H and O–H groups in total. The van der Waals surface area contributed by atoms with Crippen LogP contribution in [0.25, 0.3) is 10.9 Å². The van der Waals surface area contributed by atoms with Crippen molar-refractivity contribution in [2.75, 3.05) is 13.1 Å². The van der Waals surface area contributed by atoms with Gasteiger partial charge in [0, 0.05) is 30.2 Å². The zero-order valence-electron chi connectivity index (χ0n) is 12.2. The van der Waals surface area contributed by atoms with Gasteiger partial charge in [0.2, 0.25) is 0 Å². The number of amides is 1. The number of H-pyrrole nitrogens is 1. The number of nitrogens with one attached hydrogen (secondary N) is 1. The molecule has 1 aromatic carbocycles. The van der Waals surface area contributed by atoms with Crippen LogP contribution in [0.3, 0.4) is 0 Å². The number of benzene rings is 1. The Morgan fingerprint density at radius 3 is 2.82 bits per heavy atom. The molecule has 1 amide bonds. The third-order valence-electron chi connectivity index (χ3n) is 4.42. The monoisotopic (exact) mass is 295 g/mol. The molecule has 112 valence electrons. The Labute approximate surface area is 127 Å². The lowest BCUT2D eigenvalue weighted by atomic mass is 9.93. The van der Waals surface area contributed by atoms with Gasteiger partial charge in [-0.25, -0.2) is 4.98 Å². The van der Waals surface area contributed by atoms with Crippen molar-refractivity contribution in [3.05, 3.63) is 54.4 Å². The molecule has 0 aliphatic carbocycles. The smallest absolute Gasteiger partial charge is 0.275 e. The number of aromatic amines is 1. The first-order valence-corrected chi connectivity index (χ1v) is 7.56. The molecule has 1 aliphatic heterocycles. The van der Waals surface area contributed by atoms with Crippen molar-refractivity contribution < 1.29 is 9.21 Å². The Morgan fingerprint density at radius 2 is 2.09 bits per heavy atom. The molecule has 0 bridgehead atoms. The molecule has 2 aromatic heterocycles. The van der Waals surface area contributed by atoms with E-state index in [0.717, 1.165) is 25.9 Å². The summed E-state index contributed by atoms with van der Waals surface area (Å²) >= 11 is 0. The summed E-state index contributed by atoms with van der Waals surface area (Å²) in [6.07, 6.45) is 4.64. The summed E-state index contributed by atoms with van der Waals surface area (Å²) in [4.78, 5) is 21.5. The quantitative estimate of drug-likeness (QED) is 0.790. The molecule has 22 heavy (non-hydrogen) atoms. The molecule has 5 heteroatoms. The number of aromatic nitrogens is 2. The molecule has 0 atom stereocenters. The number of piperidine rings is 1. The number of carbonyl (C=O) groups excluding carboxylic acids is 1. The number of fused-ring (bicyclic) bond motifs is 1. The van der Waals surface area contributed by atoms with Crippen LogP contribution in [0.5, 0.6) is 0 Å². The molecule has 0 radical (unpaired) electrons. The lowest BCUT2D eigenvalue weighted by Crippen LogP contribution is -2.38. The Hall–Kier alpha value is -2.56. The number of likely N-dealkylation sites (tertiary alicyclic amines) is 1. The number of hydrogen-bond donors (Lipinski definition) is 1.